The van der Waals surface area contributed by atoms with Crippen LogP contribution in [0, 0.1) is 0 Å². The number of aliphatic carboxylic acids is 1. The fourth-order valence-electron chi connectivity index (χ4n) is 6.50. The van der Waals surface area contributed by atoms with Gasteiger partial charge in [-0.3, -0.25) is 4.79 Å². The molecule has 0 unspecified atom stereocenters. The number of hydrogen-bond acceptors (Lipinski definition) is 9. The summed E-state index contributed by atoms with van der Waals surface area (Å²) in [7, 11) is 0. The number of ether oxygens (including phenoxy) is 4. The zero-order valence-electron chi connectivity index (χ0n) is 43.4. The molecule has 64 heavy (non-hydrogen) atoms. The van der Waals surface area contributed by atoms with E-state index in [2.05, 4.69) is 24.5 Å². The van der Waals surface area contributed by atoms with Crippen LogP contribution in [0.3, 0.4) is 0 Å². The number of carboxylic acids is 1. The summed E-state index contributed by atoms with van der Waals surface area (Å²) in [5.41, 5.74) is -1.19. The third-order valence-corrected chi connectivity index (χ3v) is 10.3. The van der Waals surface area contributed by atoms with Crippen molar-refractivity contribution in [2.75, 3.05) is 26.4 Å². The lowest BCUT2D eigenvalue weighted by molar-refractivity contribution is -0.145. The molecule has 0 aromatic carbocycles. The highest BCUT2D eigenvalue weighted by Crippen LogP contribution is 2.15. The number of esters is 1. The van der Waals surface area contributed by atoms with Gasteiger partial charge >= 0.3 is 24.1 Å². The molecule has 0 bridgehead atoms. The van der Waals surface area contributed by atoms with Crippen molar-refractivity contribution in [3.8, 4) is 0 Å². The summed E-state index contributed by atoms with van der Waals surface area (Å²) < 4.78 is 20.2. The van der Waals surface area contributed by atoms with Crippen molar-refractivity contribution in [2.24, 2.45) is 0 Å². The van der Waals surface area contributed by atoms with Gasteiger partial charge in [-0.2, -0.15) is 0 Å². The molecule has 0 aromatic rings. The monoisotopic (exact) mass is 917 g/mol. The molecule has 1 aliphatic heterocycles. The maximum atomic E-state index is 11.9. The molecule has 0 radical (unpaired) electrons. The molecule has 0 spiro atoms. The van der Waals surface area contributed by atoms with E-state index in [0.29, 0.717) is 13.2 Å². The maximum absolute atomic E-state index is 11.9. The molecule has 0 saturated carbocycles. The van der Waals surface area contributed by atoms with Crippen molar-refractivity contribution in [3.05, 3.63) is 0 Å². The van der Waals surface area contributed by atoms with Crippen LogP contribution in [0.15, 0.2) is 0 Å². The van der Waals surface area contributed by atoms with Crippen molar-refractivity contribution in [3.63, 3.8) is 0 Å². The molecule has 0 aromatic heterocycles. The van der Waals surface area contributed by atoms with Crippen LogP contribution in [0.4, 0.5) is 9.59 Å². The Morgan fingerprint density at radius 1 is 0.500 bits per heavy atom. The van der Waals surface area contributed by atoms with Gasteiger partial charge in [0, 0.05) is 19.8 Å². The second-order valence-corrected chi connectivity index (χ2v) is 19.5. The van der Waals surface area contributed by atoms with Crippen molar-refractivity contribution < 1.29 is 48.3 Å². The van der Waals surface area contributed by atoms with Crippen LogP contribution in [-0.2, 0) is 28.5 Å². The molecule has 0 aliphatic carbocycles. The van der Waals surface area contributed by atoms with E-state index in [1.54, 1.807) is 48.5 Å². The Balaban J connectivity index is -0.000000891. The van der Waals surface area contributed by atoms with Crippen LogP contribution >= 0.6 is 0 Å². The number of rotatable bonds is 33. The first-order valence-corrected chi connectivity index (χ1v) is 26.0. The van der Waals surface area contributed by atoms with Gasteiger partial charge in [0.1, 0.15) is 23.3 Å². The predicted octanol–water partition coefficient (Wildman–Crippen LogP) is 14.2. The van der Waals surface area contributed by atoms with E-state index in [0.717, 1.165) is 32.5 Å². The second kappa shape index (κ2) is 46.9. The van der Waals surface area contributed by atoms with Crippen LogP contribution < -0.4 is 10.6 Å². The smallest absolute Gasteiger partial charge is 0.408 e. The van der Waals surface area contributed by atoms with E-state index in [9.17, 15) is 19.2 Å². The zero-order chi connectivity index (χ0) is 48.7. The van der Waals surface area contributed by atoms with E-state index >= 15 is 0 Å². The molecule has 382 valence electrons. The molecule has 1 aliphatic rings. The van der Waals surface area contributed by atoms with Gasteiger partial charge in [0.15, 0.2) is 0 Å². The van der Waals surface area contributed by atoms with Crippen LogP contribution in [0.25, 0.3) is 0 Å². The first-order valence-electron chi connectivity index (χ1n) is 26.0. The van der Waals surface area contributed by atoms with Crippen LogP contribution in [0.2, 0.25) is 0 Å². The molecular weight excluding hydrogens is 813 g/mol. The molecule has 1 fully saturated rings. The molecular formula is C52H104N2O10. The normalized spacial score (nSPS) is 13.1. The average Bonchev–Trinajstić information content (AvgIpc) is 3.81. The number of alkyl carbamates (subject to hydrolysis) is 2. The third kappa shape index (κ3) is 57.4. The molecule has 4 N–H and O–H groups in total. The zero-order valence-corrected chi connectivity index (χ0v) is 43.4. The standard InChI is InChI=1S/C24H47NO4.C16H34O.C8H15NO4.C4H8O/c1-6-7-8-9-10-11-12-13-14-15-16-17-18-19-20-28-22(26)21(2)25-23(27)29-24(3,4)5;1-2-3-4-5-6-7-8-9-10-11-12-13-14-15-16-17;1-5(6(10)11)9-7(12)13-8(2,3)4;1-2-4-5-3-1/h21H,6-20H2,1-5H3,(H,25,27);17H,2-16H2,1H3;5H,1-4H3,(H,9,12)(H,10,11);1-4H2/t21-;;5-;/m0.0./s1. The van der Waals surface area contributed by atoms with E-state index in [4.69, 9.17) is 29.2 Å². The quantitative estimate of drug-likeness (QED) is 0.0282. The highest BCUT2D eigenvalue weighted by atomic mass is 16.6. The summed E-state index contributed by atoms with van der Waals surface area (Å²) in [6.45, 7) is 20.8. The Kier molecular flexibility index (Phi) is 48.1. The van der Waals surface area contributed by atoms with Crippen molar-refractivity contribution in [1.29, 1.82) is 0 Å². The van der Waals surface area contributed by atoms with Gasteiger partial charge in [-0.15, -0.1) is 0 Å². The minimum Gasteiger partial charge on any atom is -0.480 e. The lowest BCUT2D eigenvalue weighted by atomic mass is 10.0. The highest BCUT2D eigenvalue weighted by Gasteiger charge is 2.22. The number of nitrogens with one attached hydrogen (secondary N) is 2. The molecule has 2 atom stereocenters. The predicted molar refractivity (Wildman–Crippen MR) is 264 cm³/mol. The van der Waals surface area contributed by atoms with E-state index in [1.807, 2.05) is 0 Å². The number of amides is 2. The minimum atomic E-state index is -1.09. The summed E-state index contributed by atoms with van der Waals surface area (Å²) >= 11 is 0. The number of hydrogen-bond donors (Lipinski definition) is 4. The Morgan fingerprint density at radius 2 is 0.797 bits per heavy atom. The average molecular weight is 917 g/mol. The van der Waals surface area contributed by atoms with Crippen LogP contribution in [0.1, 0.15) is 262 Å². The van der Waals surface area contributed by atoms with Crippen molar-refractivity contribution in [1.82, 2.24) is 10.6 Å². The maximum Gasteiger partial charge on any atom is 0.408 e. The van der Waals surface area contributed by atoms with Gasteiger partial charge in [0.25, 0.3) is 0 Å². The fraction of sp³-hybridized carbons (Fsp3) is 0.923. The number of unbranched alkanes of at least 4 members (excludes halogenated alkanes) is 26. The van der Waals surface area contributed by atoms with Gasteiger partial charge < -0.3 is 39.8 Å². The Bertz CT molecular complexity index is 1030. The first-order chi connectivity index (χ1) is 30.4. The van der Waals surface area contributed by atoms with E-state index in [1.165, 1.54) is 180 Å². The largest absolute Gasteiger partial charge is 0.480 e. The van der Waals surface area contributed by atoms with Crippen LogP contribution in [-0.4, -0.2) is 84.1 Å². The molecule has 1 heterocycles. The summed E-state index contributed by atoms with van der Waals surface area (Å²) in [4.78, 5) is 44.8. The van der Waals surface area contributed by atoms with Gasteiger partial charge in [-0.05, 0) is 81.1 Å². The lowest BCUT2D eigenvalue weighted by Crippen LogP contribution is -2.42. The Labute approximate surface area is 393 Å². The molecule has 12 nitrogen and oxygen atoms in total. The number of carbonyl (C=O) groups excluding carboxylic acids is 3. The fourth-order valence-corrected chi connectivity index (χ4v) is 6.50. The first kappa shape index (κ1) is 65.7. The van der Waals surface area contributed by atoms with E-state index in [-0.39, 0.29) is 0 Å². The summed E-state index contributed by atoms with van der Waals surface area (Å²) in [5, 5.41) is 21.8. The van der Waals surface area contributed by atoms with Crippen molar-refractivity contribution >= 4 is 24.1 Å². The lowest BCUT2D eigenvalue weighted by Gasteiger charge is -2.21. The molecule has 1 rings (SSSR count). The molecule has 2 amide bonds. The summed E-state index contributed by atoms with van der Waals surface area (Å²) in [6.07, 6.45) is 38.6. The highest BCUT2D eigenvalue weighted by molar-refractivity contribution is 5.81. The summed E-state index contributed by atoms with van der Waals surface area (Å²) in [5.74, 6) is -1.50. The topological polar surface area (TPSA) is 170 Å². The second-order valence-electron chi connectivity index (χ2n) is 19.5. The van der Waals surface area contributed by atoms with Gasteiger partial charge in [-0.1, -0.05) is 181 Å². The number of carboxylic acid groups (broad SMARTS) is 1. The number of carbonyl (C=O) groups is 4. The van der Waals surface area contributed by atoms with Crippen molar-refractivity contribution in [2.45, 2.75) is 285 Å². The third-order valence-electron chi connectivity index (χ3n) is 10.3. The van der Waals surface area contributed by atoms with E-state index < -0.39 is 47.4 Å². The molecule has 12 heteroatoms. The molecule has 1 saturated heterocycles. The SMILES string of the molecule is C1CCOC1.CCCCCCCCCCCCCCCCO.CCCCCCCCCCCCCCCCOC(=O)[C@H](C)NC(=O)OC(C)(C)C.C[C@H](NC(=O)OC(C)(C)C)C(=O)O. The Morgan fingerprint density at radius 3 is 1.06 bits per heavy atom. The number of aliphatic hydroxyl groups is 1. The Hall–Kier alpha value is -2.60. The minimum absolute atomic E-state index is 0.373. The van der Waals surface area contributed by atoms with Gasteiger partial charge in [-0.25, -0.2) is 14.4 Å². The van der Waals surface area contributed by atoms with Gasteiger partial charge in [0.2, 0.25) is 0 Å². The van der Waals surface area contributed by atoms with Crippen LogP contribution in [0.5, 0.6) is 0 Å². The number of aliphatic hydroxyl groups excluding tert-OH is 1. The van der Waals surface area contributed by atoms with Gasteiger partial charge in [0.05, 0.1) is 6.61 Å². The summed E-state index contributed by atoms with van der Waals surface area (Å²) in [6, 6.07) is -1.63.